The van der Waals surface area contributed by atoms with Gasteiger partial charge in [-0.3, -0.25) is 9.69 Å². The van der Waals surface area contributed by atoms with E-state index in [9.17, 15) is 4.79 Å². The second-order valence-electron chi connectivity index (χ2n) is 7.42. The predicted molar refractivity (Wildman–Crippen MR) is 113 cm³/mol. The Morgan fingerprint density at radius 2 is 2.14 bits per heavy atom. The average Bonchev–Trinajstić information content (AvgIpc) is 3.18. The molecule has 1 aliphatic rings. The quantitative estimate of drug-likeness (QED) is 0.668. The average molecular weight is 411 g/mol. The minimum atomic E-state index is -0.0980. The zero-order valence-corrected chi connectivity index (χ0v) is 17.0. The third kappa shape index (κ3) is 4.83. The lowest BCUT2D eigenvalue weighted by Crippen LogP contribution is -2.40. The molecule has 29 heavy (non-hydrogen) atoms. The standard InChI is InChI=1S/C22H23ClN4O2/c1-15-6-4-7-16(12-15)21-25-20(29-26-21)14-27-11-5-8-17(13-27)22(28)24-19-10-3-2-9-18(19)23/h2-4,6-7,9-10,12,17H,5,8,11,13-14H2,1H3,(H,24,28). The van der Waals surface area contributed by atoms with Crippen LogP contribution >= 0.6 is 11.6 Å². The van der Waals surface area contributed by atoms with E-state index in [1.165, 1.54) is 0 Å². The van der Waals surface area contributed by atoms with Gasteiger partial charge in [-0.15, -0.1) is 0 Å². The van der Waals surface area contributed by atoms with Crippen LogP contribution in [0.4, 0.5) is 5.69 Å². The summed E-state index contributed by atoms with van der Waals surface area (Å²) in [6, 6.07) is 15.3. The van der Waals surface area contributed by atoms with E-state index in [1.807, 2.05) is 49.4 Å². The second kappa shape index (κ2) is 8.76. The lowest BCUT2D eigenvalue weighted by atomic mass is 9.97. The number of para-hydroxylation sites is 1. The first-order valence-corrected chi connectivity index (χ1v) is 10.1. The van der Waals surface area contributed by atoms with Crippen LogP contribution in [0.2, 0.25) is 5.02 Å². The minimum absolute atomic E-state index is 0.00576. The molecule has 1 aromatic heterocycles. The Hall–Kier alpha value is -2.70. The van der Waals surface area contributed by atoms with Crippen LogP contribution in [0.5, 0.6) is 0 Å². The van der Waals surface area contributed by atoms with Gasteiger partial charge in [-0.05, 0) is 44.5 Å². The Bertz CT molecular complexity index is 1000. The molecule has 0 saturated carbocycles. The smallest absolute Gasteiger partial charge is 0.241 e. The monoisotopic (exact) mass is 410 g/mol. The van der Waals surface area contributed by atoms with E-state index in [0.29, 0.717) is 35.5 Å². The molecule has 1 unspecified atom stereocenters. The summed E-state index contributed by atoms with van der Waals surface area (Å²) < 4.78 is 5.45. The van der Waals surface area contributed by atoms with Crippen molar-refractivity contribution in [2.45, 2.75) is 26.3 Å². The van der Waals surface area contributed by atoms with Gasteiger partial charge in [-0.25, -0.2) is 0 Å². The fraction of sp³-hybridized carbons (Fsp3) is 0.318. The molecular formula is C22H23ClN4O2. The number of halogens is 1. The maximum absolute atomic E-state index is 12.7. The molecule has 1 fully saturated rings. The highest BCUT2D eigenvalue weighted by molar-refractivity contribution is 6.33. The highest BCUT2D eigenvalue weighted by Gasteiger charge is 2.27. The van der Waals surface area contributed by atoms with Crippen LogP contribution in [0.3, 0.4) is 0 Å². The predicted octanol–water partition coefficient (Wildman–Crippen LogP) is 4.55. The fourth-order valence-electron chi connectivity index (χ4n) is 3.62. The molecule has 0 bridgehead atoms. The number of carbonyl (C=O) groups excluding carboxylic acids is 1. The number of hydrogen-bond acceptors (Lipinski definition) is 5. The van der Waals surface area contributed by atoms with Gasteiger partial charge >= 0.3 is 0 Å². The Balaban J connectivity index is 1.38. The number of benzene rings is 2. The van der Waals surface area contributed by atoms with Crippen LogP contribution < -0.4 is 5.32 Å². The molecule has 2 aromatic carbocycles. The molecule has 0 aliphatic carbocycles. The van der Waals surface area contributed by atoms with E-state index >= 15 is 0 Å². The molecule has 7 heteroatoms. The van der Waals surface area contributed by atoms with E-state index in [0.717, 1.165) is 30.5 Å². The summed E-state index contributed by atoms with van der Waals surface area (Å²) in [6.45, 7) is 4.12. The molecule has 1 N–H and O–H groups in total. The number of aromatic nitrogens is 2. The summed E-state index contributed by atoms with van der Waals surface area (Å²) in [5.41, 5.74) is 2.74. The third-order valence-electron chi connectivity index (χ3n) is 5.11. The third-order valence-corrected chi connectivity index (χ3v) is 5.44. The maximum Gasteiger partial charge on any atom is 0.241 e. The fourth-order valence-corrected chi connectivity index (χ4v) is 3.81. The first kappa shape index (κ1) is 19.6. The van der Waals surface area contributed by atoms with Gasteiger partial charge in [0.05, 0.1) is 23.2 Å². The van der Waals surface area contributed by atoms with Crippen LogP contribution in [0, 0.1) is 12.8 Å². The number of nitrogens with zero attached hydrogens (tertiary/aromatic N) is 3. The van der Waals surface area contributed by atoms with Crippen molar-refractivity contribution in [1.29, 1.82) is 0 Å². The first-order chi connectivity index (χ1) is 14.1. The van der Waals surface area contributed by atoms with Crippen LogP contribution in [0.25, 0.3) is 11.4 Å². The number of aryl methyl sites for hydroxylation is 1. The van der Waals surface area contributed by atoms with Gasteiger partial charge in [0.25, 0.3) is 0 Å². The molecule has 1 atom stereocenters. The highest BCUT2D eigenvalue weighted by atomic mass is 35.5. The Kier molecular flexibility index (Phi) is 5.92. The van der Waals surface area contributed by atoms with Crippen molar-refractivity contribution in [3.8, 4) is 11.4 Å². The number of likely N-dealkylation sites (tertiary alicyclic amines) is 1. The van der Waals surface area contributed by atoms with E-state index in [2.05, 4.69) is 20.4 Å². The van der Waals surface area contributed by atoms with Gasteiger partial charge in [0, 0.05) is 12.1 Å². The van der Waals surface area contributed by atoms with E-state index in [-0.39, 0.29) is 11.8 Å². The summed E-state index contributed by atoms with van der Waals surface area (Å²) in [5, 5.41) is 7.60. The SMILES string of the molecule is Cc1cccc(-c2noc(CN3CCCC(C(=O)Nc4ccccc4Cl)C3)n2)c1. The van der Waals surface area contributed by atoms with Crippen molar-refractivity contribution in [3.63, 3.8) is 0 Å². The second-order valence-corrected chi connectivity index (χ2v) is 7.83. The highest BCUT2D eigenvalue weighted by Crippen LogP contribution is 2.24. The molecule has 1 saturated heterocycles. The van der Waals surface area contributed by atoms with Crippen LogP contribution in [-0.4, -0.2) is 34.0 Å². The van der Waals surface area contributed by atoms with Crippen molar-refractivity contribution < 1.29 is 9.32 Å². The number of anilines is 1. The normalized spacial score (nSPS) is 17.2. The van der Waals surface area contributed by atoms with Crippen molar-refractivity contribution in [3.05, 3.63) is 65.0 Å². The lowest BCUT2D eigenvalue weighted by molar-refractivity contribution is -0.121. The van der Waals surface area contributed by atoms with Gasteiger partial charge in [0.2, 0.25) is 17.6 Å². The zero-order valence-electron chi connectivity index (χ0n) is 16.3. The number of amides is 1. The van der Waals surface area contributed by atoms with Crippen molar-refractivity contribution in [1.82, 2.24) is 15.0 Å². The summed E-state index contributed by atoms with van der Waals surface area (Å²) in [4.78, 5) is 19.4. The van der Waals surface area contributed by atoms with Crippen LogP contribution in [0.15, 0.2) is 53.1 Å². The molecule has 0 radical (unpaired) electrons. The Morgan fingerprint density at radius 1 is 1.28 bits per heavy atom. The molecule has 6 nitrogen and oxygen atoms in total. The van der Waals surface area contributed by atoms with Crippen molar-refractivity contribution in [2.24, 2.45) is 5.92 Å². The molecule has 150 valence electrons. The van der Waals surface area contributed by atoms with Crippen LogP contribution in [-0.2, 0) is 11.3 Å². The number of carbonyl (C=O) groups is 1. The number of hydrogen-bond donors (Lipinski definition) is 1. The number of rotatable bonds is 5. The molecule has 4 rings (SSSR count). The molecule has 1 amide bonds. The van der Waals surface area contributed by atoms with E-state index in [1.54, 1.807) is 6.07 Å². The minimum Gasteiger partial charge on any atom is -0.338 e. The van der Waals surface area contributed by atoms with E-state index < -0.39 is 0 Å². The van der Waals surface area contributed by atoms with Crippen LogP contribution in [0.1, 0.15) is 24.3 Å². The summed E-state index contributed by atoms with van der Waals surface area (Å²) in [7, 11) is 0. The number of piperidine rings is 1. The molecule has 1 aliphatic heterocycles. The molecule has 2 heterocycles. The molecule has 3 aromatic rings. The van der Waals surface area contributed by atoms with Crippen molar-refractivity contribution in [2.75, 3.05) is 18.4 Å². The van der Waals surface area contributed by atoms with Gasteiger partial charge < -0.3 is 9.84 Å². The Labute approximate surface area is 174 Å². The first-order valence-electron chi connectivity index (χ1n) is 9.76. The Morgan fingerprint density at radius 3 is 2.97 bits per heavy atom. The summed E-state index contributed by atoms with van der Waals surface area (Å²) >= 11 is 6.15. The zero-order chi connectivity index (χ0) is 20.2. The van der Waals surface area contributed by atoms with Gasteiger partial charge in [0.15, 0.2) is 0 Å². The van der Waals surface area contributed by atoms with Gasteiger partial charge in [0.1, 0.15) is 0 Å². The number of nitrogens with one attached hydrogen (secondary N) is 1. The summed E-state index contributed by atoms with van der Waals surface area (Å²) in [5.74, 6) is 1.05. The lowest BCUT2D eigenvalue weighted by Gasteiger charge is -2.30. The molecule has 0 spiro atoms. The van der Waals surface area contributed by atoms with Crippen molar-refractivity contribution >= 4 is 23.2 Å². The van der Waals surface area contributed by atoms with Gasteiger partial charge in [-0.2, -0.15) is 4.98 Å². The largest absolute Gasteiger partial charge is 0.338 e. The van der Waals surface area contributed by atoms with Gasteiger partial charge in [-0.1, -0.05) is 52.7 Å². The molecular weight excluding hydrogens is 388 g/mol. The summed E-state index contributed by atoms with van der Waals surface area (Å²) in [6.07, 6.45) is 1.80. The van der Waals surface area contributed by atoms with E-state index in [4.69, 9.17) is 16.1 Å². The topological polar surface area (TPSA) is 71.3 Å². The maximum atomic E-state index is 12.7.